The van der Waals surface area contributed by atoms with Gasteiger partial charge in [0.2, 0.25) is 0 Å². The van der Waals surface area contributed by atoms with Gasteiger partial charge in [0.25, 0.3) is 17.5 Å². The molecule has 0 saturated carbocycles. The first-order valence-corrected chi connectivity index (χ1v) is 8.01. The van der Waals surface area contributed by atoms with E-state index >= 15 is 0 Å². The van der Waals surface area contributed by atoms with E-state index in [0.29, 0.717) is 24.5 Å². The minimum absolute atomic E-state index is 0.121. The predicted molar refractivity (Wildman–Crippen MR) is 99.5 cm³/mol. The Hall–Kier alpha value is -3.87. The molecular weight excluding hydrogens is 372 g/mol. The smallest absolute Gasteiger partial charge is 0.287 e. The first-order valence-electron chi connectivity index (χ1n) is 8.01. The molecule has 2 aromatic rings. The summed E-state index contributed by atoms with van der Waals surface area (Å²) < 4.78 is 2.91. The Morgan fingerprint density at radius 1 is 1.21 bits per heavy atom. The van der Waals surface area contributed by atoms with Crippen LogP contribution in [0.1, 0.15) is 21.0 Å². The third kappa shape index (κ3) is 5.07. The van der Waals surface area contributed by atoms with Crippen molar-refractivity contribution in [2.45, 2.75) is 0 Å². The molecule has 0 unspecified atom stereocenters. The molecule has 150 valence electrons. The van der Waals surface area contributed by atoms with Gasteiger partial charge >= 0.3 is 0 Å². The highest BCUT2D eigenvalue weighted by Crippen LogP contribution is 2.18. The Bertz CT molecular complexity index is 900. The molecule has 2 rings (SSSR count). The van der Waals surface area contributed by atoms with Gasteiger partial charge in [-0.05, 0) is 6.07 Å². The van der Waals surface area contributed by atoms with E-state index in [0.717, 1.165) is 0 Å². The van der Waals surface area contributed by atoms with E-state index in [4.69, 9.17) is 5.90 Å². The van der Waals surface area contributed by atoms with Crippen LogP contribution >= 0.6 is 0 Å². The zero-order valence-corrected chi connectivity index (χ0v) is 15.2. The third-order valence-corrected chi connectivity index (χ3v) is 3.69. The van der Waals surface area contributed by atoms with E-state index in [-0.39, 0.29) is 17.3 Å². The van der Waals surface area contributed by atoms with Crippen molar-refractivity contribution in [1.82, 2.24) is 19.8 Å². The highest BCUT2D eigenvalue weighted by Gasteiger charge is 2.19. The van der Waals surface area contributed by atoms with Crippen LogP contribution in [0.2, 0.25) is 0 Å². The summed E-state index contributed by atoms with van der Waals surface area (Å²) in [6, 6.07) is 2.68. The fourth-order valence-electron chi connectivity index (χ4n) is 2.40. The first kappa shape index (κ1) is 20.4. The van der Waals surface area contributed by atoms with Crippen molar-refractivity contribution in [2.75, 3.05) is 18.4 Å². The monoisotopic (exact) mass is 392 g/mol. The molecule has 0 aliphatic heterocycles. The summed E-state index contributed by atoms with van der Waals surface area (Å²) >= 11 is 0. The van der Waals surface area contributed by atoms with E-state index in [1.807, 2.05) is 0 Å². The number of aryl methyl sites for hydroxylation is 2. The van der Waals surface area contributed by atoms with Crippen LogP contribution < -0.4 is 21.8 Å². The molecule has 0 aromatic carbocycles. The van der Waals surface area contributed by atoms with Gasteiger partial charge in [-0.2, -0.15) is 0 Å². The molecule has 2 amide bonds. The summed E-state index contributed by atoms with van der Waals surface area (Å²) in [7, 11) is 3.19. The fraction of sp³-hybridized carbons (Fsp3) is 0.267. The molecule has 0 aliphatic carbocycles. The van der Waals surface area contributed by atoms with Gasteiger partial charge in [-0.25, -0.2) is 0 Å². The second-order valence-electron chi connectivity index (χ2n) is 5.68. The van der Waals surface area contributed by atoms with Crippen LogP contribution in [-0.2, 0) is 19.0 Å². The van der Waals surface area contributed by atoms with Crippen LogP contribution in [0.4, 0.5) is 11.4 Å². The Balaban J connectivity index is 1.97. The Morgan fingerprint density at radius 3 is 2.54 bits per heavy atom. The largest absolute Gasteiger partial charge is 0.372 e. The average molecular weight is 392 g/mol. The number of nitrogens with zero attached hydrogens (tertiary/aromatic N) is 4. The number of nitro groups is 1. The minimum Gasteiger partial charge on any atom is -0.372 e. The molecule has 0 saturated heterocycles. The van der Waals surface area contributed by atoms with Crippen LogP contribution in [0.15, 0.2) is 29.7 Å². The molecule has 0 fully saturated rings. The Morgan fingerprint density at radius 2 is 1.89 bits per heavy atom. The molecular formula is C15H20N8O5. The van der Waals surface area contributed by atoms with Gasteiger partial charge in [0, 0.05) is 39.4 Å². The summed E-state index contributed by atoms with van der Waals surface area (Å²) in [4.78, 5) is 38.8. The Kier molecular flexibility index (Phi) is 6.70. The van der Waals surface area contributed by atoms with Gasteiger partial charge in [0.15, 0.2) is 0 Å². The van der Waals surface area contributed by atoms with E-state index in [1.54, 1.807) is 17.8 Å². The van der Waals surface area contributed by atoms with E-state index in [1.165, 1.54) is 36.3 Å². The SMILES string of the molecule is Cn1cc(NC(=O)c2cc([N+](=O)[O-])cn2C)cc1C(=O)NCCNC=NON. The summed E-state index contributed by atoms with van der Waals surface area (Å²) in [6.45, 7) is 0.716. The quantitative estimate of drug-likeness (QED) is 0.149. The van der Waals surface area contributed by atoms with Gasteiger partial charge in [-0.1, -0.05) is 5.16 Å². The summed E-state index contributed by atoms with van der Waals surface area (Å²) in [5.74, 6) is 3.84. The van der Waals surface area contributed by atoms with Crippen molar-refractivity contribution in [3.05, 3.63) is 46.0 Å². The highest BCUT2D eigenvalue weighted by molar-refractivity contribution is 6.04. The fourth-order valence-corrected chi connectivity index (χ4v) is 2.40. The zero-order chi connectivity index (χ0) is 20.7. The van der Waals surface area contributed by atoms with Crippen LogP contribution in [0.3, 0.4) is 0 Å². The maximum Gasteiger partial charge on any atom is 0.287 e. The molecule has 28 heavy (non-hydrogen) atoms. The van der Waals surface area contributed by atoms with E-state index in [9.17, 15) is 19.7 Å². The topological polar surface area (TPSA) is 171 Å². The van der Waals surface area contributed by atoms with Gasteiger partial charge in [0.05, 0.1) is 16.8 Å². The van der Waals surface area contributed by atoms with Gasteiger partial charge < -0.3 is 30.0 Å². The standard InChI is InChI=1S/C15H20N8O5/c1-21-7-10(5-12(21)14(24)18-4-3-17-9-19-28-16)20-15(25)13-6-11(23(26)27)8-22(13)2/h5-9H,3-4,16H2,1-2H3,(H,17,19)(H,18,24)(H,20,25). The molecule has 0 bridgehead atoms. The van der Waals surface area contributed by atoms with Crippen molar-refractivity contribution in [1.29, 1.82) is 0 Å². The number of carbonyl (C=O) groups is 2. The first-order chi connectivity index (χ1) is 13.3. The van der Waals surface area contributed by atoms with Crippen molar-refractivity contribution < 1.29 is 19.5 Å². The van der Waals surface area contributed by atoms with Crippen LogP contribution in [0, 0.1) is 10.1 Å². The lowest BCUT2D eigenvalue weighted by atomic mass is 10.3. The number of amides is 2. The van der Waals surface area contributed by atoms with Crippen LogP contribution in [-0.4, -0.2) is 45.3 Å². The number of oxime groups is 1. The molecule has 5 N–H and O–H groups in total. The van der Waals surface area contributed by atoms with Crippen LogP contribution in [0.5, 0.6) is 0 Å². The third-order valence-electron chi connectivity index (χ3n) is 3.69. The number of nitrogens with one attached hydrogen (secondary N) is 3. The zero-order valence-electron chi connectivity index (χ0n) is 15.2. The number of nitrogens with two attached hydrogens (primary N) is 1. The molecule has 13 nitrogen and oxygen atoms in total. The van der Waals surface area contributed by atoms with Crippen LogP contribution in [0.25, 0.3) is 0 Å². The maximum atomic E-state index is 12.4. The molecule has 0 radical (unpaired) electrons. The second-order valence-corrected chi connectivity index (χ2v) is 5.68. The van der Waals surface area contributed by atoms with E-state index in [2.05, 4.69) is 26.0 Å². The number of anilines is 1. The summed E-state index contributed by atoms with van der Waals surface area (Å²) in [5, 5.41) is 22.2. The summed E-state index contributed by atoms with van der Waals surface area (Å²) in [6.07, 6.45) is 4.06. The lowest BCUT2D eigenvalue weighted by molar-refractivity contribution is -0.384. The van der Waals surface area contributed by atoms with Gasteiger partial charge in [-0.15, -0.1) is 5.90 Å². The number of hydrogen-bond donors (Lipinski definition) is 4. The second kappa shape index (κ2) is 9.18. The number of carbonyl (C=O) groups excluding carboxylic acids is 2. The maximum absolute atomic E-state index is 12.4. The molecule has 13 heteroatoms. The number of hydrogen-bond acceptors (Lipinski definition) is 7. The molecule has 0 spiro atoms. The van der Waals surface area contributed by atoms with Gasteiger partial charge in [0.1, 0.15) is 17.7 Å². The van der Waals surface area contributed by atoms with Gasteiger partial charge in [-0.3, -0.25) is 19.7 Å². The normalized spacial score (nSPS) is 10.7. The van der Waals surface area contributed by atoms with Crippen molar-refractivity contribution >= 4 is 29.5 Å². The van der Waals surface area contributed by atoms with Crippen molar-refractivity contribution in [3.63, 3.8) is 0 Å². The van der Waals surface area contributed by atoms with Crippen molar-refractivity contribution in [3.8, 4) is 0 Å². The lowest BCUT2D eigenvalue weighted by Crippen LogP contribution is -2.32. The Labute approximate surface area is 159 Å². The predicted octanol–water partition coefficient (Wildman–Crippen LogP) is -0.323. The van der Waals surface area contributed by atoms with E-state index < -0.39 is 10.8 Å². The lowest BCUT2D eigenvalue weighted by Gasteiger charge is -2.05. The number of aromatic nitrogens is 2. The number of rotatable bonds is 9. The molecule has 2 heterocycles. The minimum atomic E-state index is -0.578. The summed E-state index contributed by atoms with van der Waals surface area (Å²) in [5.41, 5.74) is 0.646. The van der Waals surface area contributed by atoms with Crippen molar-refractivity contribution in [2.24, 2.45) is 25.1 Å². The average Bonchev–Trinajstić information content (AvgIpc) is 3.20. The molecule has 0 atom stereocenters. The highest BCUT2D eigenvalue weighted by atomic mass is 16.7. The molecule has 2 aromatic heterocycles. The molecule has 0 aliphatic rings.